The topological polar surface area (TPSA) is 77.1 Å². The second kappa shape index (κ2) is 4.20. The molecule has 1 unspecified atom stereocenters. The molecule has 6 heteroatoms. The Kier molecular flexibility index (Phi) is 3.05. The van der Waals surface area contributed by atoms with E-state index in [0.29, 0.717) is 12.5 Å². The number of sulfonamides is 1. The molecule has 0 amide bonds. The van der Waals surface area contributed by atoms with E-state index >= 15 is 0 Å². The third-order valence-electron chi connectivity index (χ3n) is 2.85. The number of nitrogens with zero attached hydrogens (tertiary/aromatic N) is 1. The number of hydrogen-bond acceptors (Lipinski definition) is 3. The summed E-state index contributed by atoms with van der Waals surface area (Å²) in [6.45, 7) is 0.321. The van der Waals surface area contributed by atoms with Crippen molar-refractivity contribution in [3.63, 3.8) is 0 Å². The number of nitrogens with two attached hydrogens (primary N) is 1. The van der Waals surface area contributed by atoms with Crippen molar-refractivity contribution >= 4 is 10.0 Å². The molecule has 1 saturated carbocycles. The maximum Gasteiger partial charge on any atom is 0.242 e. The molecule has 1 heterocycles. The summed E-state index contributed by atoms with van der Waals surface area (Å²) < 4.78 is 27.9. The lowest BCUT2D eigenvalue weighted by molar-refractivity contribution is 0.547. The van der Waals surface area contributed by atoms with Crippen LogP contribution in [0.4, 0.5) is 0 Å². The third-order valence-corrected chi connectivity index (χ3v) is 4.26. The van der Waals surface area contributed by atoms with Gasteiger partial charge in [0, 0.05) is 32.0 Å². The lowest BCUT2D eigenvalue weighted by Crippen LogP contribution is -2.38. The summed E-state index contributed by atoms with van der Waals surface area (Å²) in [6.07, 6.45) is 5.52. The molecule has 2 rings (SSSR count). The van der Waals surface area contributed by atoms with Crippen molar-refractivity contribution in [2.75, 3.05) is 6.54 Å². The Morgan fingerprint density at radius 1 is 1.62 bits per heavy atom. The van der Waals surface area contributed by atoms with Gasteiger partial charge in [-0.3, -0.25) is 0 Å². The number of aromatic nitrogens is 1. The summed E-state index contributed by atoms with van der Waals surface area (Å²) in [6, 6.07) is 1.52. The van der Waals surface area contributed by atoms with Gasteiger partial charge in [-0.25, -0.2) is 13.1 Å². The van der Waals surface area contributed by atoms with Crippen molar-refractivity contribution in [3.8, 4) is 0 Å². The molecule has 1 fully saturated rings. The molecule has 0 saturated heterocycles. The van der Waals surface area contributed by atoms with Gasteiger partial charge >= 0.3 is 0 Å². The predicted molar refractivity (Wildman–Crippen MR) is 61.3 cm³/mol. The molecule has 16 heavy (non-hydrogen) atoms. The second-order valence-electron chi connectivity index (χ2n) is 4.37. The van der Waals surface area contributed by atoms with E-state index in [4.69, 9.17) is 5.73 Å². The van der Waals surface area contributed by atoms with Gasteiger partial charge in [0.15, 0.2) is 0 Å². The average molecular weight is 243 g/mol. The van der Waals surface area contributed by atoms with Crippen LogP contribution in [-0.4, -0.2) is 25.6 Å². The van der Waals surface area contributed by atoms with Crippen LogP contribution in [0.5, 0.6) is 0 Å². The van der Waals surface area contributed by atoms with Crippen molar-refractivity contribution in [2.45, 2.75) is 23.8 Å². The fourth-order valence-corrected chi connectivity index (χ4v) is 2.74. The lowest BCUT2D eigenvalue weighted by atomic mass is 10.2. The van der Waals surface area contributed by atoms with Crippen molar-refractivity contribution < 1.29 is 8.42 Å². The monoisotopic (exact) mass is 243 g/mol. The zero-order valence-electron chi connectivity index (χ0n) is 9.26. The smallest absolute Gasteiger partial charge is 0.242 e. The molecule has 0 spiro atoms. The van der Waals surface area contributed by atoms with Crippen LogP contribution in [0.2, 0.25) is 0 Å². The van der Waals surface area contributed by atoms with Crippen molar-refractivity contribution in [3.05, 3.63) is 18.5 Å². The molecule has 3 N–H and O–H groups in total. The van der Waals surface area contributed by atoms with Gasteiger partial charge in [-0.1, -0.05) is 0 Å². The van der Waals surface area contributed by atoms with Gasteiger partial charge in [0.05, 0.1) is 4.90 Å². The zero-order valence-corrected chi connectivity index (χ0v) is 10.1. The van der Waals surface area contributed by atoms with Crippen LogP contribution in [0.3, 0.4) is 0 Å². The Balaban J connectivity index is 1.97. The van der Waals surface area contributed by atoms with Gasteiger partial charge in [0.2, 0.25) is 10.0 Å². The van der Waals surface area contributed by atoms with E-state index in [2.05, 4.69) is 4.72 Å². The van der Waals surface area contributed by atoms with Crippen LogP contribution in [-0.2, 0) is 17.1 Å². The first-order chi connectivity index (χ1) is 7.49. The highest BCUT2D eigenvalue weighted by Gasteiger charge is 2.29. The minimum absolute atomic E-state index is 0.0570. The van der Waals surface area contributed by atoms with Crippen molar-refractivity contribution in [2.24, 2.45) is 18.7 Å². The van der Waals surface area contributed by atoms with E-state index in [-0.39, 0.29) is 10.9 Å². The van der Waals surface area contributed by atoms with E-state index in [9.17, 15) is 8.42 Å². The fraction of sp³-hybridized carbons (Fsp3) is 0.600. The molecule has 0 aromatic carbocycles. The SMILES string of the molecule is Cn1ccc(S(=O)(=O)NCC(N)C2CC2)c1. The van der Waals surface area contributed by atoms with Crippen LogP contribution in [0, 0.1) is 5.92 Å². The van der Waals surface area contributed by atoms with Crippen LogP contribution >= 0.6 is 0 Å². The molecule has 0 bridgehead atoms. The van der Waals surface area contributed by atoms with E-state index in [1.807, 2.05) is 0 Å². The standard InChI is InChI=1S/C10H17N3O2S/c1-13-5-4-9(7-13)16(14,15)12-6-10(11)8-2-3-8/h4-5,7-8,10,12H,2-3,6,11H2,1H3. The summed E-state index contributed by atoms with van der Waals surface area (Å²) >= 11 is 0. The van der Waals surface area contributed by atoms with Gasteiger partial charge in [0.25, 0.3) is 0 Å². The van der Waals surface area contributed by atoms with Crippen LogP contribution in [0.15, 0.2) is 23.4 Å². The van der Waals surface area contributed by atoms with E-state index in [0.717, 1.165) is 12.8 Å². The molecule has 1 aliphatic rings. The Morgan fingerprint density at radius 3 is 2.81 bits per heavy atom. The first-order valence-corrected chi connectivity index (χ1v) is 6.84. The first-order valence-electron chi connectivity index (χ1n) is 5.36. The zero-order chi connectivity index (χ0) is 11.8. The summed E-state index contributed by atoms with van der Waals surface area (Å²) in [7, 11) is -1.60. The quantitative estimate of drug-likeness (QED) is 0.766. The maximum atomic E-state index is 11.8. The first kappa shape index (κ1) is 11.6. The molecule has 0 radical (unpaired) electrons. The minimum Gasteiger partial charge on any atom is -0.356 e. The van der Waals surface area contributed by atoms with Gasteiger partial charge < -0.3 is 10.3 Å². The predicted octanol–water partition coefficient (Wildman–Crippen LogP) is 0.0407. The molecule has 1 aliphatic carbocycles. The number of rotatable bonds is 5. The Morgan fingerprint density at radius 2 is 2.31 bits per heavy atom. The molecular weight excluding hydrogens is 226 g/mol. The minimum atomic E-state index is -3.39. The average Bonchev–Trinajstić information content (AvgIpc) is 2.98. The van der Waals surface area contributed by atoms with E-state index in [1.54, 1.807) is 30.1 Å². The molecular formula is C10H17N3O2S. The van der Waals surface area contributed by atoms with Crippen LogP contribution < -0.4 is 10.5 Å². The van der Waals surface area contributed by atoms with Gasteiger partial charge in [0.1, 0.15) is 0 Å². The van der Waals surface area contributed by atoms with Crippen LogP contribution in [0.25, 0.3) is 0 Å². The summed E-state index contributed by atoms with van der Waals surface area (Å²) in [4.78, 5) is 0.290. The number of nitrogens with one attached hydrogen (secondary N) is 1. The van der Waals surface area contributed by atoms with Gasteiger partial charge in [-0.05, 0) is 24.8 Å². The molecule has 1 atom stereocenters. The summed E-state index contributed by atoms with van der Waals surface area (Å²) in [5, 5.41) is 0. The van der Waals surface area contributed by atoms with Crippen LogP contribution in [0.1, 0.15) is 12.8 Å². The Labute approximate surface area is 95.7 Å². The lowest BCUT2D eigenvalue weighted by Gasteiger charge is -2.11. The Bertz CT molecular complexity index is 462. The molecule has 1 aromatic heterocycles. The highest BCUT2D eigenvalue weighted by Crippen LogP contribution is 2.31. The highest BCUT2D eigenvalue weighted by molar-refractivity contribution is 7.89. The number of aryl methyl sites for hydroxylation is 1. The molecule has 0 aliphatic heterocycles. The highest BCUT2D eigenvalue weighted by atomic mass is 32.2. The van der Waals surface area contributed by atoms with E-state index in [1.165, 1.54) is 0 Å². The Hall–Kier alpha value is -0.850. The second-order valence-corrected chi connectivity index (χ2v) is 6.13. The van der Waals surface area contributed by atoms with Gasteiger partial charge in [-0.15, -0.1) is 0 Å². The summed E-state index contributed by atoms with van der Waals surface area (Å²) in [5.41, 5.74) is 5.84. The third kappa shape index (κ3) is 2.63. The van der Waals surface area contributed by atoms with Gasteiger partial charge in [-0.2, -0.15) is 0 Å². The molecule has 90 valence electrons. The summed E-state index contributed by atoms with van der Waals surface area (Å²) in [5.74, 6) is 0.499. The van der Waals surface area contributed by atoms with Crippen molar-refractivity contribution in [1.29, 1.82) is 0 Å². The largest absolute Gasteiger partial charge is 0.356 e. The molecule has 1 aromatic rings. The maximum absolute atomic E-state index is 11.8. The van der Waals surface area contributed by atoms with E-state index < -0.39 is 10.0 Å². The molecule has 5 nitrogen and oxygen atoms in total. The van der Waals surface area contributed by atoms with Crippen molar-refractivity contribution in [1.82, 2.24) is 9.29 Å². The normalized spacial score (nSPS) is 18.6. The fourth-order valence-electron chi connectivity index (χ4n) is 1.62. The number of hydrogen-bond donors (Lipinski definition) is 2.